The molecule has 0 bridgehead atoms. The third-order valence-corrected chi connectivity index (χ3v) is 2.27. The first-order valence-electron chi connectivity index (χ1n) is 7.46. The Balaban J connectivity index is 0.00000122. The first-order valence-corrected chi connectivity index (χ1v) is 7.46. The molecule has 0 fully saturated rings. The van der Waals surface area contributed by atoms with E-state index >= 15 is 0 Å². The molecule has 0 radical (unpaired) electrons. The summed E-state index contributed by atoms with van der Waals surface area (Å²) in [5.74, 6) is 2.45. The number of hydrogen-bond acceptors (Lipinski definition) is 5. The SMILES string of the molecule is CCCOc1cc(OCCC)cc(OCCC)c1.OBO. The van der Waals surface area contributed by atoms with Crippen molar-refractivity contribution in [1.29, 1.82) is 0 Å². The average Bonchev–Trinajstić information content (AvgIpc) is 2.49. The molecular formula is C15H27BO5. The van der Waals surface area contributed by atoms with Gasteiger partial charge in [-0.15, -0.1) is 0 Å². The quantitative estimate of drug-likeness (QED) is 0.685. The van der Waals surface area contributed by atoms with E-state index in [0.717, 1.165) is 36.5 Å². The molecule has 5 nitrogen and oxygen atoms in total. The summed E-state index contributed by atoms with van der Waals surface area (Å²) in [5, 5.41) is 14.2. The van der Waals surface area contributed by atoms with Crippen LogP contribution in [0.15, 0.2) is 18.2 Å². The fourth-order valence-corrected chi connectivity index (χ4v) is 1.46. The predicted octanol–water partition coefficient (Wildman–Crippen LogP) is 2.29. The Bertz CT molecular complexity index is 295. The molecule has 0 saturated heterocycles. The Morgan fingerprint density at radius 3 is 1.14 bits per heavy atom. The van der Waals surface area contributed by atoms with Crippen LogP contribution in [-0.4, -0.2) is 37.6 Å². The summed E-state index contributed by atoms with van der Waals surface area (Å²) in [5.41, 5.74) is 0. The fraction of sp³-hybridized carbons (Fsp3) is 0.600. The summed E-state index contributed by atoms with van der Waals surface area (Å²) in [6.07, 6.45) is 2.97. The Labute approximate surface area is 128 Å². The van der Waals surface area contributed by atoms with E-state index in [4.69, 9.17) is 24.3 Å². The molecule has 0 aliphatic rings. The molecule has 21 heavy (non-hydrogen) atoms. The van der Waals surface area contributed by atoms with Gasteiger partial charge in [-0.05, 0) is 19.3 Å². The lowest BCUT2D eigenvalue weighted by molar-refractivity contribution is 0.286. The van der Waals surface area contributed by atoms with Gasteiger partial charge in [0.1, 0.15) is 17.2 Å². The monoisotopic (exact) mass is 298 g/mol. The van der Waals surface area contributed by atoms with Crippen molar-refractivity contribution in [3.8, 4) is 17.2 Å². The summed E-state index contributed by atoms with van der Waals surface area (Å²) in [6.45, 7) is 8.41. The molecule has 1 aromatic carbocycles. The number of ether oxygens (including phenoxy) is 3. The van der Waals surface area contributed by atoms with E-state index in [1.54, 1.807) is 0 Å². The summed E-state index contributed by atoms with van der Waals surface area (Å²) >= 11 is 0. The highest BCUT2D eigenvalue weighted by Gasteiger charge is 2.04. The van der Waals surface area contributed by atoms with Gasteiger partial charge in [0.2, 0.25) is 0 Å². The highest BCUT2D eigenvalue weighted by Crippen LogP contribution is 2.28. The van der Waals surface area contributed by atoms with E-state index in [1.807, 2.05) is 18.2 Å². The second-order valence-electron chi connectivity index (χ2n) is 4.33. The van der Waals surface area contributed by atoms with Crippen molar-refractivity contribution in [3.63, 3.8) is 0 Å². The molecule has 120 valence electrons. The third-order valence-electron chi connectivity index (χ3n) is 2.27. The van der Waals surface area contributed by atoms with Crippen LogP contribution in [0.4, 0.5) is 0 Å². The third kappa shape index (κ3) is 10.0. The van der Waals surface area contributed by atoms with Crippen molar-refractivity contribution in [2.75, 3.05) is 19.8 Å². The molecule has 0 atom stereocenters. The van der Waals surface area contributed by atoms with E-state index in [9.17, 15) is 0 Å². The Morgan fingerprint density at radius 2 is 0.952 bits per heavy atom. The van der Waals surface area contributed by atoms with Gasteiger partial charge in [-0.3, -0.25) is 0 Å². The van der Waals surface area contributed by atoms with Crippen molar-refractivity contribution in [2.24, 2.45) is 0 Å². The Morgan fingerprint density at radius 1 is 0.714 bits per heavy atom. The highest BCUT2D eigenvalue weighted by atomic mass is 16.5. The molecule has 0 aromatic heterocycles. The van der Waals surface area contributed by atoms with Crippen molar-refractivity contribution < 1.29 is 24.3 Å². The molecule has 6 heteroatoms. The van der Waals surface area contributed by atoms with E-state index in [1.165, 1.54) is 0 Å². The van der Waals surface area contributed by atoms with Crippen LogP contribution >= 0.6 is 0 Å². The van der Waals surface area contributed by atoms with Crippen LogP contribution in [0.25, 0.3) is 0 Å². The van der Waals surface area contributed by atoms with Gasteiger partial charge in [0.25, 0.3) is 0 Å². The smallest absolute Gasteiger partial charge is 0.432 e. The molecule has 0 aliphatic heterocycles. The summed E-state index contributed by atoms with van der Waals surface area (Å²) in [6, 6.07) is 5.76. The van der Waals surface area contributed by atoms with Gasteiger partial charge < -0.3 is 24.3 Å². The first-order chi connectivity index (χ1) is 10.2. The maximum atomic E-state index is 7.12. The second kappa shape index (κ2) is 13.6. The Hall–Kier alpha value is -1.40. The summed E-state index contributed by atoms with van der Waals surface area (Å²) in [7, 11) is -0.750. The van der Waals surface area contributed by atoms with Crippen LogP contribution in [0.3, 0.4) is 0 Å². The topological polar surface area (TPSA) is 68.2 Å². The lowest BCUT2D eigenvalue weighted by Crippen LogP contribution is -2.00. The van der Waals surface area contributed by atoms with E-state index in [0.29, 0.717) is 19.8 Å². The van der Waals surface area contributed by atoms with Crippen molar-refractivity contribution in [1.82, 2.24) is 0 Å². The number of benzene rings is 1. The zero-order chi connectivity index (χ0) is 15.9. The molecule has 0 aliphatic carbocycles. The van der Waals surface area contributed by atoms with Crippen LogP contribution in [0.2, 0.25) is 0 Å². The van der Waals surface area contributed by atoms with Crippen LogP contribution in [0.5, 0.6) is 17.2 Å². The van der Waals surface area contributed by atoms with Gasteiger partial charge in [-0.1, -0.05) is 20.8 Å². The molecule has 1 rings (SSSR count). The minimum absolute atomic E-state index is 0.713. The number of rotatable bonds is 9. The molecule has 0 heterocycles. The highest BCUT2D eigenvalue weighted by molar-refractivity contribution is 6.13. The zero-order valence-electron chi connectivity index (χ0n) is 13.3. The molecule has 1 aromatic rings. The predicted molar refractivity (Wildman–Crippen MR) is 85.4 cm³/mol. The maximum absolute atomic E-state index is 7.12. The van der Waals surface area contributed by atoms with E-state index in [-0.39, 0.29) is 0 Å². The normalized spacial score (nSPS) is 9.38. The molecular weight excluding hydrogens is 271 g/mol. The van der Waals surface area contributed by atoms with Gasteiger partial charge in [-0.25, -0.2) is 0 Å². The zero-order valence-corrected chi connectivity index (χ0v) is 13.3. The van der Waals surface area contributed by atoms with Gasteiger partial charge in [0.05, 0.1) is 19.8 Å². The largest absolute Gasteiger partial charge is 0.493 e. The lowest BCUT2D eigenvalue weighted by atomic mass is 10.3. The van der Waals surface area contributed by atoms with Crippen LogP contribution in [-0.2, 0) is 0 Å². The molecule has 0 amide bonds. The van der Waals surface area contributed by atoms with Gasteiger partial charge >= 0.3 is 7.69 Å². The van der Waals surface area contributed by atoms with Crippen LogP contribution in [0, 0.1) is 0 Å². The van der Waals surface area contributed by atoms with Gasteiger partial charge in [0, 0.05) is 18.2 Å². The minimum atomic E-state index is -0.750. The first kappa shape index (κ1) is 19.6. The van der Waals surface area contributed by atoms with E-state index < -0.39 is 7.69 Å². The summed E-state index contributed by atoms with van der Waals surface area (Å²) in [4.78, 5) is 0. The van der Waals surface area contributed by atoms with Crippen molar-refractivity contribution in [2.45, 2.75) is 40.0 Å². The second-order valence-corrected chi connectivity index (χ2v) is 4.33. The molecule has 0 unspecified atom stereocenters. The minimum Gasteiger partial charge on any atom is -0.493 e. The molecule has 0 saturated carbocycles. The average molecular weight is 298 g/mol. The van der Waals surface area contributed by atoms with Crippen LogP contribution < -0.4 is 14.2 Å². The molecule has 0 spiro atoms. The standard InChI is InChI=1S/C15H24O3.BH3O2/c1-4-7-16-13-10-14(17-8-5-2)12-15(11-13)18-9-6-3;2-1-3/h10-12H,4-9H2,1-3H3;1-3H. The van der Waals surface area contributed by atoms with Crippen LogP contribution in [0.1, 0.15) is 40.0 Å². The number of hydrogen-bond donors (Lipinski definition) is 2. The van der Waals surface area contributed by atoms with E-state index in [2.05, 4.69) is 20.8 Å². The summed E-state index contributed by atoms with van der Waals surface area (Å²) < 4.78 is 16.9. The van der Waals surface area contributed by atoms with Crippen molar-refractivity contribution >= 4 is 7.69 Å². The van der Waals surface area contributed by atoms with Gasteiger partial charge in [-0.2, -0.15) is 0 Å². The molecule has 2 N–H and O–H groups in total. The fourth-order valence-electron chi connectivity index (χ4n) is 1.46. The lowest BCUT2D eigenvalue weighted by Gasteiger charge is -2.12. The Kier molecular flexibility index (Phi) is 12.7. The van der Waals surface area contributed by atoms with Gasteiger partial charge in [0.15, 0.2) is 0 Å². The van der Waals surface area contributed by atoms with Crippen molar-refractivity contribution in [3.05, 3.63) is 18.2 Å². The maximum Gasteiger partial charge on any atom is 0.432 e.